The number of alkyl halides is 1. The lowest BCUT2D eigenvalue weighted by molar-refractivity contribution is 0.0923. The van der Waals surface area contributed by atoms with E-state index < -0.39 is 0 Å². The Balaban J connectivity index is 2.39. The van der Waals surface area contributed by atoms with Gasteiger partial charge in [-0.1, -0.05) is 0 Å². The molecule has 0 aliphatic heterocycles. The van der Waals surface area contributed by atoms with Crippen LogP contribution in [-0.4, -0.2) is 41.8 Å². The van der Waals surface area contributed by atoms with Gasteiger partial charge in [0.25, 0.3) is 5.91 Å². The van der Waals surface area contributed by atoms with Gasteiger partial charge in [-0.25, -0.2) is 0 Å². The number of nitrogens with one attached hydrogen (secondary N) is 1. The van der Waals surface area contributed by atoms with Gasteiger partial charge in [-0.3, -0.25) is 4.79 Å². The molecule has 0 fully saturated rings. The van der Waals surface area contributed by atoms with Crippen LogP contribution in [0.1, 0.15) is 10.4 Å². The molecule has 0 aliphatic carbocycles. The molecular weight excluding hydrogens is 246 g/mol. The number of hydrogen-bond donors (Lipinski definition) is 3. The fraction of sp³-hybridized carbons (Fsp3) is 0.364. The van der Waals surface area contributed by atoms with Gasteiger partial charge < -0.3 is 20.3 Å². The van der Waals surface area contributed by atoms with E-state index in [0.29, 0.717) is 25.6 Å². The van der Waals surface area contributed by atoms with Crippen LogP contribution in [0.4, 0.5) is 0 Å². The van der Waals surface area contributed by atoms with Gasteiger partial charge in [0.1, 0.15) is 0 Å². The predicted octanol–water partition coefficient (Wildman–Crippen LogP) is 1.08. The van der Waals surface area contributed by atoms with E-state index >= 15 is 0 Å². The van der Waals surface area contributed by atoms with Gasteiger partial charge in [-0.15, -0.1) is 11.6 Å². The Bertz CT molecular complexity index is 384. The quantitative estimate of drug-likeness (QED) is 0.406. The number of phenolic OH excluding ortho intramolecular Hbond substituents is 2. The van der Waals surface area contributed by atoms with Crippen molar-refractivity contribution in [2.24, 2.45) is 0 Å². The molecule has 0 radical (unpaired) electrons. The Kier molecular flexibility index (Phi) is 5.59. The molecule has 1 aromatic rings. The summed E-state index contributed by atoms with van der Waals surface area (Å²) >= 11 is 5.41. The average Bonchev–Trinajstić information content (AvgIpc) is 2.32. The third-order valence-electron chi connectivity index (χ3n) is 1.99. The minimum Gasteiger partial charge on any atom is -0.504 e. The van der Waals surface area contributed by atoms with E-state index in [0.717, 1.165) is 0 Å². The molecule has 0 saturated heterocycles. The molecule has 17 heavy (non-hydrogen) atoms. The molecular formula is C11H14ClNO4. The van der Waals surface area contributed by atoms with Crippen LogP contribution in [0.25, 0.3) is 0 Å². The first-order chi connectivity index (χ1) is 8.15. The zero-order valence-electron chi connectivity index (χ0n) is 9.15. The Morgan fingerprint density at radius 3 is 2.71 bits per heavy atom. The van der Waals surface area contributed by atoms with E-state index in [2.05, 4.69) is 5.32 Å². The number of carbonyl (C=O) groups is 1. The zero-order chi connectivity index (χ0) is 12.7. The lowest BCUT2D eigenvalue weighted by Crippen LogP contribution is -2.27. The summed E-state index contributed by atoms with van der Waals surface area (Å²) in [5.74, 6) is -0.502. The van der Waals surface area contributed by atoms with Crippen molar-refractivity contribution in [2.75, 3.05) is 25.6 Å². The number of halogens is 1. The summed E-state index contributed by atoms with van der Waals surface area (Å²) in [6.45, 7) is 1.18. The van der Waals surface area contributed by atoms with Gasteiger partial charge in [0.15, 0.2) is 11.5 Å². The second kappa shape index (κ2) is 6.98. The third kappa shape index (κ3) is 4.50. The molecule has 1 amide bonds. The lowest BCUT2D eigenvalue weighted by Gasteiger charge is -2.06. The van der Waals surface area contributed by atoms with E-state index in [4.69, 9.17) is 21.4 Å². The fourth-order valence-corrected chi connectivity index (χ4v) is 1.27. The van der Waals surface area contributed by atoms with Crippen molar-refractivity contribution in [3.05, 3.63) is 23.8 Å². The first kappa shape index (κ1) is 13.6. The third-order valence-corrected chi connectivity index (χ3v) is 2.15. The SMILES string of the molecule is O=C(NCCOCCCl)c1ccc(O)c(O)c1. The van der Waals surface area contributed by atoms with Crippen molar-refractivity contribution in [1.82, 2.24) is 5.32 Å². The number of carbonyl (C=O) groups excluding carboxylic acids is 1. The Labute approximate surface area is 104 Å². The van der Waals surface area contributed by atoms with E-state index in [1.54, 1.807) is 0 Å². The molecule has 1 rings (SSSR count). The van der Waals surface area contributed by atoms with Crippen molar-refractivity contribution in [1.29, 1.82) is 0 Å². The monoisotopic (exact) mass is 259 g/mol. The van der Waals surface area contributed by atoms with Gasteiger partial charge >= 0.3 is 0 Å². The molecule has 6 heteroatoms. The van der Waals surface area contributed by atoms with Gasteiger partial charge in [0, 0.05) is 18.0 Å². The van der Waals surface area contributed by atoms with Crippen LogP contribution in [0.5, 0.6) is 11.5 Å². The smallest absolute Gasteiger partial charge is 0.251 e. The first-order valence-corrected chi connectivity index (χ1v) is 5.62. The van der Waals surface area contributed by atoms with Crippen LogP contribution in [0, 0.1) is 0 Å². The van der Waals surface area contributed by atoms with Crippen molar-refractivity contribution in [2.45, 2.75) is 0 Å². The lowest BCUT2D eigenvalue weighted by atomic mass is 10.2. The number of phenols is 2. The highest BCUT2D eigenvalue weighted by molar-refractivity contribution is 6.17. The molecule has 0 bridgehead atoms. The highest BCUT2D eigenvalue weighted by Crippen LogP contribution is 2.24. The average molecular weight is 260 g/mol. The minimum absolute atomic E-state index is 0.257. The molecule has 0 aromatic heterocycles. The number of hydrogen-bond acceptors (Lipinski definition) is 4. The standard InChI is InChI=1S/C11H14ClNO4/c12-3-5-17-6-4-13-11(16)8-1-2-9(14)10(15)7-8/h1-2,7,14-15H,3-6H2,(H,13,16). The summed E-state index contributed by atoms with van der Waals surface area (Å²) in [6, 6.07) is 3.88. The summed E-state index contributed by atoms with van der Waals surface area (Å²) in [5.41, 5.74) is 0.276. The zero-order valence-corrected chi connectivity index (χ0v) is 9.91. The number of rotatable bonds is 6. The summed E-state index contributed by atoms with van der Waals surface area (Å²) in [7, 11) is 0. The van der Waals surface area contributed by atoms with Gasteiger partial charge in [-0.05, 0) is 18.2 Å². The van der Waals surface area contributed by atoms with Crippen molar-refractivity contribution in [3.63, 3.8) is 0 Å². The van der Waals surface area contributed by atoms with Crippen molar-refractivity contribution >= 4 is 17.5 Å². The molecule has 0 saturated carbocycles. The first-order valence-electron chi connectivity index (χ1n) is 5.09. The molecule has 3 N–H and O–H groups in total. The summed E-state index contributed by atoms with van der Waals surface area (Å²) < 4.78 is 5.08. The molecule has 5 nitrogen and oxygen atoms in total. The van der Waals surface area contributed by atoms with Crippen LogP contribution in [0.2, 0.25) is 0 Å². The molecule has 94 valence electrons. The molecule has 0 spiro atoms. The molecule has 1 aromatic carbocycles. The maximum absolute atomic E-state index is 11.6. The van der Waals surface area contributed by atoms with E-state index in [1.165, 1.54) is 18.2 Å². The second-order valence-electron chi connectivity index (χ2n) is 3.26. The molecule has 0 heterocycles. The second-order valence-corrected chi connectivity index (χ2v) is 3.64. The van der Waals surface area contributed by atoms with E-state index in [-0.39, 0.29) is 23.0 Å². The number of ether oxygens (including phenoxy) is 1. The predicted molar refractivity (Wildman–Crippen MR) is 63.6 cm³/mol. The topological polar surface area (TPSA) is 78.8 Å². The Morgan fingerprint density at radius 1 is 1.29 bits per heavy atom. The maximum Gasteiger partial charge on any atom is 0.251 e. The highest BCUT2D eigenvalue weighted by atomic mass is 35.5. The highest BCUT2D eigenvalue weighted by Gasteiger charge is 2.07. The van der Waals surface area contributed by atoms with E-state index in [9.17, 15) is 9.90 Å². The van der Waals surface area contributed by atoms with Gasteiger partial charge in [-0.2, -0.15) is 0 Å². The minimum atomic E-state index is -0.338. The van der Waals surface area contributed by atoms with Gasteiger partial charge in [0.05, 0.1) is 13.2 Å². The normalized spacial score (nSPS) is 10.2. The molecule has 0 unspecified atom stereocenters. The Hall–Kier alpha value is -1.46. The molecule has 0 aliphatic rings. The van der Waals surface area contributed by atoms with Crippen molar-refractivity contribution < 1.29 is 19.7 Å². The van der Waals surface area contributed by atoms with Crippen molar-refractivity contribution in [3.8, 4) is 11.5 Å². The number of benzene rings is 1. The molecule has 0 atom stereocenters. The maximum atomic E-state index is 11.6. The van der Waals surface area contributed by atoms with Crippen LogP contribution >= 0.6 is 11.6 Å². The van der Waals surface area contributed by atoms with Crippen LogP contribution in [0.3, 0.4) is 0 Å². The summed E-state index contributed by atoms with van der Waals surface area (Å²) in [6.07, 6.45) is 0. The Morgan fingerprint density at radius 2 is 2.06 bits per heavy atom. The summed E-state index contributed by atoms with van der Waals surface area (Å²) in [5, 5.41) is 20.9. The number of amides is 1. The largest absolute Gasteiger partial charge is 0.504 e. The van der Waals surface area contributed by atoms with Crippen LogP contribution < -0.4 is 5.32 Å². The van der Waals surface area contributed by atoms with Gasteiger partial charge in [0.2, 0.25) is 0 Å². The van der Waals surface area contributed by atoms with Crippen LogP contribution in [-0.2, 0) is 4.74 Å². The summed E-state index contributed by atoms with van der Waals surface area (Å²) in [4.78, 5) is 11.6. The van der Waals surface area contributed by atoms with Crippen LogP contribution in [0.15, 0.2) is 18.2 Å². The number of aromatic hydroxyl groups is 2. The van der Waals surface area contributed by atoms with E-state index in [1.807, 2.05) is 0 Å². The fourth-order valence-electron chi connectivity index (χ4n) is 1.16.